The number of aromatic amines is 1. The van der Waals surface area contributed by atoms with Crippen LogP contribution in [0.15, 0.2) is 41.2 Å². The lowest BCUT2D eigenvalue weighted by Gasteiger charge is -2.40. The molecule has 2 aliphatic heterocycles. The molecule has 1 saturated heterocycles. The molecule has 1 N–H and O–H groups in total. The van der Waals surface area contributed by atoms with Crippen LogP contribution in [0.1, 0.15) is 55.7 Å². The Labute approximate surface area is 227 Å². The van der Waals surface area contributed by atoms with E-state index in [2.05, 4.69) is 83.1 Å². The van der Waals surface area contributed by atoms with Crippen molar-refractivity contribution < 1.29 is 9.47 Å². The average molecular weight is 530 g/mol. The first-order valence-corrected chi connectivity index (χ1v) is 13.6. The quantitative estimate of drug-likeness (QED) is 0.401. The average Bonchev–Trinajstić information content (AvgIpc) is 3.60. The van der Waals surface area contributed by atoms with Crippen LogP contribution in [0.4, 0.5) is 5.69 Å². The number of piperazine rings is 1. The number of ether oxygens (including phenoxy) is 2. The van der Waals surface area contributed by atoms with Gasteiger partial charge in [-0.05, 0) is 73.9 Å². The first-order valence-electron chi connectivity index (χ1n) is 13.6. The Morgan fingerprint density at radius 3 is 2.54 bits per heavy atom. The molecule has 0 bridgehead atoms. The first kappa shape index (κ1) is 25.4. The summed E-state index contributed by atoms with van der Waals surface area (Å²) in [4.78, 5) is 21.5. The molecule has 2 aromatic carbocycles. The van der Waals surface area contributed by atoms with Gasteiger partial charge in [0, 0.05) is 48.9 Å². The summed E-state index contributed by atoms with van der Waals surface area (Å²) in [5.41, 5.74) is 4.71. The van der Waals surface area contributed by atoms with Gasteiger partial charge in [-0.3, -0.25) is 9.69 Å². The van der Waals surface area contributed by atoms with Gasteiger partial charge in [0.2, 0.25) is 6.79 Å². The molecule has 1 atom stereocenters. The maximum Gasteiger partial charge on any atom is 0.253 e. The third-order valence-electron chi connectivity index (χ3n) is 8.43. The van der Waals surface area contributed by atoms with Crippen molar-refractivity contribution >= 4 is 16.6 Å². The fourth-order valence-electron chi connectivity index (χ4n) is 5.56. The van der Waals surface area contributed by atoms with Crippen molar-refractivity contribution in [1.29, 1.82) is 0 Å². The number of tetrazole rings is 1. The van der Waals surface area contributed by atoms with E-state index in [1.807, 2.05) is 22.9 Å². The van der Waals surface area contributed by atoms with E-state index in [0.717, 1.165) is 38.0 Å². The number of nitrogens with one attached hydrogen (secondary N) is 1. The van der Waals surface area contributed by atoms with E-state index >= 15 is 0 Å². The molecule has 0 unspecified atom stereocenters. The van der Waals surface area contributed by atoms with Gasteiger partial charge in [0.05, 0.1) is 11.1 Å². The number of benzene rings is 2. The van der Waals surface area contributed by atoms with Crippen molar-refractivity contribution in [1.82, 2.24) is 30.1 Å². The highest BCUT2D eigenvalue weighted by Gasteiger charge is 2.36. The lowest BCUT2D eigenvalue weighted by molar-refractivity contribution is 0.174. The minimum Gasteiger partial charge on any atom is -0.454 e. The second-order valence-electron chi connectivity index (χ2n) is 11.1. The molecule has 204 valence electrons. The van der Waals surface area contributed by atoms with E-state index in [0.29, 0.717) is 28.4 Å². The van der Waals surface area contributed by atoms with Crippen LogP contribution in [0.5, 0.6) is 11.5 Å². The Morgan fingerprint density at radius 2 is 1.79 bits per heavy atom. The van der Waals surface area contributed by atoms with Crippen LogP contribution in [-0.4, -0.2) is 63.1 Å². The summed E-state index contributed by atoms with van der Waals surface area (Å²) < 4.78 is 13.0. The lowest BCUT2D eigenvalue weighted by Crippen LogP contribution is -2.49. The second-order valence-corrected chi connectivity index (χ2v) is 11.1. The van der Waals surface area contributed by atoms with Gasteiger partial charge < -0.3 is 19.4 Å². The SMILES string of the molecule is CCC(C)(C)n1nnnc1[C@@H](c1cc2cc3c(cc2[nH]c1=O)OCO3)N1CCN(c2cccc(C)c2C)CC1. The Morgan fingerprint density at radius 1 is 1.05 bits per heavy atom. The zero-order valence-electron chi connectivity index (χ0n) is 23.2. The molecule has 2 aromatic heterocycles. The monoisotopic (exact) mass is 529 g/mol. The summed E-state index contributed by atoms with van der Waals surface area (Å²) in [6.07, 6.45) is 0.843. The van der Waals surface area contributed by atoms with Crippen LogP contribution < -0.4 is 19.9 Å². The molecule has 0 amide bonds. The summed E-state index contributed by atoms with van der Waals surface area (Å²) in [6, 6.07) is 11.8. The van der Waals surface area contributed by atoms with Gasteiger partial charge in [0.25, 0.3) is 5.56 Å². The number of hydrogen-bond donors (Lipinski definition) is 1. The molecule has 39 heavy (non-hydrogen) atoms. The van der Waals surface area contributed by atoms with Crippen LogP contribution >= 0.6 is 0 Å². The third-order valence-corrected chi connectivity index (χ3v) is 8.43. The molecular weight excluding hydrogens is 494 g/mol. The zero-order valence-corrected chi connectivity index (χ0v) is 23.2. The first-order chi connectivity index (χ1) is 18.8. The highest BCUT2D eigenvalue weighted by Crippen LogP contribution is 2.37. The number of H-pyrrole nitrogens is 1. The molecular formula is C29H35N7O3. The molecule has 0 spiro atoms. The number of fused-ring (bicyclic) bond motifs is 2. The summed E-state index contributed by atoms with van der Waals surface area (Å²) in [6.45, 7) is 14.1. The van der Waals surface area contributed by atoms with Gasteiger partial charge in [-0.25, -0.2) is 4.68 Å². The van der Waals surface area contributed by atoms with Gasteiger partial charge in [-0.15, -0.1) is 5.10 Å². The molecule has 4 heterocycles. The molecule has 1 fully saturated rings. The molecule has 0 radical (unpaired) electrons. The minimum atomic E-state index is -0.412. The van der Waals surface area contributed by atoms with Crippen molar-refractivity contribution in [3.05, 3.63) is 69.3 Å². The Kier molecular flexibility index (Phi) is 6.29. The molecule has 4 aromatic rings. The standard InChI is InChI=1S/C29H35N7O3/c1-6-29(4,5)36-27(31-32-33-36)26(35-12-10-34(11-13-35)23-9-7-8-18(2)19(23)3)21-14-20-15-24-25(39-17-38-24)16-22(20)30-28(21)37/h7-9,14-16,26H,6,10-13,17H2,1-5H3,(H,30,37)/t26-/m1/s1. The van der Waals surface area contributed by atoms with Gasteiger partial charge in [-0.1, -0.05) is 19.1 Å². The number of pyridine rings is 1. The van der Waals surface area contributed by atoms with Gasteiger partial charge in [0.1, 0.15) is 6.04 Å². The Balaban J connectivity index is 1.42. The maximum absolute atomic E-state index is 13.7. The van der Waals surface area contributed by atoms with Gasteiger partial charge in [0.15, 0.2) is 17.3 Å². The maximum atomic E-state index is 13.7. The van der Waals surface area contributed by atoms with Crippen LogP contribution in [0.2, 0.25) is 0 Å². The second kappa shape index (κ2) is 9.68. The summed E-state index contributed by atoms with van der Waals surface area (Å²) >= 11 is 0. The number of aryl methyl sites for hydroxylation is 1. The topological polar surface area (TPSA) is 101 Å². The van der Waals surface area contributed by atoms with Crippen molar-refractivity contribution in [2.24, 2.45) is 0 Å². The molecule has 0 aliphatic carbocycles. The van der Waals surface area contributed by atoms with E-state index < -0.39 is 6.04 Å². The summed E-state index contributed by atoms with van der Waals surface area (Å²) in [7, 11) is 0. The predicted octanol–water partition coefficient (Wildman–Crippen LogP) is 3.92. The minimum absolute atomic E-state index is 0.160. The third kappa shape index (κ3) is 4.42. The van der Waals surface area contributed by atoms with Crippen LogP contribution in [-0.2, 0) is 5.54 Å². The molecule has 10 heteroatoms. The van der Waals surface area contributed by atoms with Crippen molar-refractivity contribution in [3.63, 3.8) is 0 Å². The zero-order chi connectivity index (χ0) is 27.3. The number of anilines is 1. The molecule has 10 nitrogen and oxygen atoms in total. The number of rotatable bonds is 6. The van der Waals surface area contributed by atoms with Crippen molar-refractivity contribution in [3.8, 4) is 11.5 Å². The smallest absolute Gasteiger partial charge is 0.253 e. The normalized spacial score (nSPS) is 16.7. The van der Waals surface area contributed by atoms with Crippen molar-refractivity contribution in [2.45, 2.75) is 52.6 Å². The summed E-state index contributed by atoms with van der Waals surface area (Å²) in [5, 5.41) is 13.9. The lowest BCUT2D eigenvalue weighted by atomic mass is 9.98. The van der Waals surface area contributed by atoms with Crippen LogP contribution in [0.25, 0.3) is 10.9 Å². The number of aromatic nitrogens is 5. The fraction of sp³-hybridized carbons (Fsp3) is 0.448. The predicted molar refractivity (Wildman–Crippen MR) is 150 cm³/mol. The molecule has 6 rings (SSSR count). The van der Waals surface area contributed by atoms with E-state index in [9.17, 15) is 4.79 Å². The Hall–Kier alpha value is -3.92. The van der Waals surface area contributed by atoms with Gasteiger partial charge in [-0.2, -0.15) is 0 Å². The number of nitrogens with zero attached hydrogens (tertiary/aromatic N) is 6. The van der Waals surface area contributed by atoms with Crippen molar-refractivity contribution in [2.75, 3.05) is 37.9 Å². The van der Waals surface area contributed by atoms with E-state index in [1.165, 1.54) is 16.8 Å². The van der Waals surface area contributed by atoms with Crippen LogP contribution in [0, 0.1) is 13.8 Å². The molecule has 0 saturated carbocycles. The van der Waals surface area contributed by atoms with Gasteiger partial charge >= 0.3 is 0 Å². The Bertz CT molecular complexity index is 1580. The fourth-order valence-corrected chi connectivity index (χ4v) is 5.56. The number of hydrogen-bond acceptors (Lipinski definition) is 8. The summed E-state index contributed by atoms with van der Waals surface area (Å²) in [5.74, 6) is 1.99. The van der Waals surface area contributed by atoms with E-state index in [1.54, 1.807) is 0 Å². The molecule has 2 aliphatic rings. The highest BCUT2D eigenvalue weighted by atomic mass is 16.7. The van der Waals surface area contributed by atoms with E-state index in [4.69, 9.17) is 9.47 Å². The van der Waals surface area contributed by atoms with Crippen LogP contribution in [0.3, 0.4) is 0 Å². The van der Waals surface area contributed by atoms with E-state index in [-0.39, 0.29) is 17.9 Å². The highest BCUT2D eigenvalue weighted by molar-refractivity contribution is 5.83. The largest absolute Gasteiger partial charge is 0.454 e.